The Balaban J connectivity index is 2.27. The zero-order valence-electron chi connectivity index (χ0n) is 12.7. The summed E-state index contributed by atoms with van der Waals surface area (Å²) in [6.07, 6.45) is 2.88. The number of hydrogen-bond acceptors (Lipinski definition) is 4. The van der Waals surface area contributed by atoms with Crippen molar-refractivity contribution in [2.24, 2.45) is 4.99 Å². The Labute approximate surface area is 133 Å². The molecule has 0 saturated carbocycles. The summed E-state index contributed by atoms with van der Waals surface area (Å²) >= 11 is 1.31. The molecule has 118 valence electrons. The fourth-order valence-corrected chi connectivity index (χ4v) is 2.92. The van der Waals surface area contributed by atoms with Crippen molar-refractivity contribution in [3.63, 3.8) is 0 Å². The van der Waals surface area contributed by atoms with Crippen LogP contribution in [0.4, 0.5) is 0 Å². The van der Waals surface area contributed by atoms with Gasteiger partial charge < -0.3 is 4.57 Å². The van der Waals surface area contributed by atoms with Crippen LogP contribution in [0.3, 0.4) is 0 Å². The molecule has 0 N–H and O–H groups in total. The van der Waals surface area contributed by atoms with Gasteiger partial charge in [-0.2, -0.15) is 4.99 Å². The lowest BCUT2D eigenvalue weighted by molar-refractivity contribution is -0.117. The molecule has 5 nitrogen and oxygen atoms in total. The summed E-state index contributed by atoms with van der Waals surface area (Å²) in [7, 11) is -3.43. The Morgan fingerprint density at radius 2 is 1.95 bits per heavy atom. The molecular formula is C15H18N2O3S2. The minimum atomic E-state index is -3.43. The number of nitrogens with zero attached hydrogens (tertiary/aromatic N) is 2. The number of carbonyl (C=O) groups is 1. The first-order valence-corrected chi connectivity index (χ1v) is 9.57. The molecule has 1 atom stereocenters. The van der Waals surface area contributed by atoms with E-state index in [9.17, 15) is 13.2 Å². The van der Waals surface area contributed by atoms with Crippen molar-refractivity contribution in [1.82, 2.24) is 4.57 Å². The monoisotopic (exact) mass is 338 g/mol. The van der Waals surface area contributed by atoms with E-state index in [1.807, 2.05) is 47.3 Å². The largest absolute Gasteiger partial charge is 0.319 e. The maximum Gasteiger partial charge on any atom is 0.266 e. The van der Waals surface area contributed by atoms with E-state index in [1.54, 1.807) is 0 Å². The molecule has 7 heteroatoms. The van der Waals surface area contributed by atoms with E-state index in [4.69, 9.17) is 0 Å². The third kappa shape index (κ3) is 4.14. The molecule has 0 aliphatic carbocycles. The molecule has 1 aromatic heterocycles. The predicted molar refractivity (Wildman–Crippen MR) is 87.5 cm³/mol. The third-order valence-corrected chi connectivity index (χ3v) is 5.61. The van der Waals surface area contributed by atoms with Gasteiger partial charge >= 0.3 is 0 Å². The van der Waals surface area contributed by atoms with Crippen LogP contribution in [0.15, 0.2) is 40.8 Å². The Morgan fingerprint density at radius 1 is 1.32 bits per heavy atom. The number of hydrogen-bond donors (Lipinski definition) is 0. The highest BCUT2D eigenvalue weighted by atomic mass is 32.2. The predicted octanol–water partition coefficient (Wildman–Crippen LogP) is 1.77. The van der Waals surface area contributed by atoms with Gasteiger partial charge in [-0.25, -0.2) is 8.42 Å². The molecule has 0 aliphatic heterocycles. The second kappa shape index (κ2) is 6.58. The third-order valence-electron chi connectivity index (χ3n) is 3.33. The maximum absolute atomic E-state index is 12.0. The van der Waals surface area contributed by atoms with Gasteiger partial charge in [0.25, 0.3) is 5.91 Å². The maximum atomic E-state index is 12.0. The number of aromatic nitrogens is 1. The van der Waals surface area contributed by atoms with E-state index in [2.05, 4.69) is 4.99 Å². The van der Waals surface area contributed by atoms with Gasteiger partial charge in [-0.15, -0.1) is 11.3 Å². The van der Waals surface area contributed by atoms with Gasteiger partial charge in [0.2, 0.25) is 0 Å². The number of amides is 1. The topological polar surface area (TPSA) is 68.5 Å². The van der Waals surface area contributed by atoms with Gasteiger partial charge in [-0.1, -0.05) is 29.8 Å². The Kier molecular flexibility index (Phi) is 4.97. The van der Waals surface area contributed by atoms with Crippen molar-refractivity contribution in [2.45, 2.75) is 25.6 Å². The first kappa shape index (κ1) is 16.6. The molecule has 1 heterocycles. The van der Waals surface area contributed by atoms with Crippen LogP contribution in [0.1, 0.15) is 18.1 Å². The summed E-state index contributed by atoms with van der Waals surface area (Å²) in [4.78, 5) is 16.4. The number of sulfone groups is 1. The van der Waals surface area contributed by atoms with Crippen molar-refractivity contribution < 1.29 is 13.2 Å². The first-order chi connectivity index (χ1) is 10.3. The summed E-state index contributed by atoms with van der Waals surface area (Å²) < 4.78 is 24.7. The molecule has 0 saturated heterocycles. The second-order valence-electron chi connectivity index (χ2n) is 5.22. The minimum Gasteiger partial charge on any atom is -0.319 e. The number of carbonyl (C=O) groups excluding carboxylic acids is 1. The zero-order chi connectivity index (χ0) is 16.3. The van der Waals surface area contributed by atoms with Crippen molar-refractivity contribution in [1.29, 1.82) is 0 Å². The summed E-state index contributed by atoms with van der Waals surface area (Å²) in [5.74, 6) is -0.636. The average molecular weight is 338 g/mol. The van der Waals surface area contributed by atoms with Gasteiger partial charge in [-0.3, -0.25) is 4.79 Å². The van der Waals surface area contributed by atoms with Crippen molar-refractivity contribution >= 4 is 27.1 Å². The van der Waals surface area contributed by atoms with Crippen molar-refractivity contribution in [3.8, 4) is 0 Å². The zero-order valence-corrected chi connectivity index (χ0v) is 14.3. The molecular weight excluding hydrogens is 320 g/mol. The van der Waals surface area contributed by atoms with E-state index in [0.29, 0.717) is 11.3 Å². The molecule has 1 amide bonds. The smallest absolute Gasteiger partial charge is 0.266 e. The van der Waals surface area contributed by atoms with Gasteiger partial charge in [-0.05, 0) is 19.4 Å². The summed E-state index contributed by atoms with van der Waals surface area (Å²) in [5, 5.41) is 0.702. The van der Waals surface area contributed by atoms with Gasteiger partial charge in [0.05, 0.1) is 0 Å². The van der Waals surface area contributed by atoms with Crippen molar-refractivity contribution in [2.75, 3.05) is 6.26 Å². The molecule has 0 unspecified atom stereocenters. The van der Waals surface area contributed by atoms with Crippen LogP contribution in [-0.2, 0) is 21.2 Å². The van der Waals surface area contributed by atoms with E-state index in [0.717, 1.165) is 11.8 Å². The van der Waals surface area contributed by atoms with E-state index in [-0.39, 0.29) is 0 Å². The van der Waals surface area contributed by atoms with Crippen LogP contribution in [-0.4, -0.2) is 30.4 Å². The lowest BCUT2D eigenvalue weighted by Gasteiger charge is -2.05. The number of benzene rings is 1. The molecule has 0 spiro atoms. The lowest BCUT2D eigenvalue weighted by Crippen LogP contribution is -2.27. The minimum absolute atomic E-state index is 0.501. The van der Waals surface area contributed by atoms with Gasteiger partial charge in [0, 0.05) is 24.4 Å². The van der Waals surface area contributed by atoms with Crippen molar-refractivity contribution in [3.05, 3.63) is 51.8 Å². The fourth-order valence-electron chi connectivity index (χ4n) is 1.77. The molecule has 0 bridgehead atoms. The molecule has 2 rings (SSSR count). The Hall–Kier alpha value is -1.73. The van der Waals surface area contributed by atoms with Crippen LogP contribution < -0.4 is 4.80 Å². The van der Waals surface area contributed by atoms with Gasteiger partial charge in [0.15, 0.2) is 14.6 Å². The van der Waals surface area contributed by atoms with Gasteiger partial charge in [0.1, 0.15) is 5.25 Å². The molecule has 1 aromatic carbocycles. The normalized spacial score (nSPS) is 14.0. The Morgan fingerprint density at radius 3 is 2.55 bits per heavy atom. The quantitative estimate of drug-likeness (QED) is 0.853. The van der Waals surface area contributed by atoms with Crippen LogP contribution in [0.5, 0.6) is 0 Å². The van der Waals surface area contributed by atoms with Crippen LogP contribution in [0, 0.1) is 6.92 Å². The van der Waals surface area contributed by atoms with E-state index in [1.165, 1.54) is 23.8 Å². The van der Waals surface area contributed by atoms with Crippen LogP contribution in [0.25, 0.3) is 0 Å². The number of thiazole rings is 1. The number of aryl methyl sites for hydroxylation is 1. The first-order valence-electron chi connectivity index (χ1n) is 6.74. The highest BCUT2D eigenvalue weighted by Crippen LogP contribution is 2.06. The van der Waals surface area contributed by atoms with E-state index >= 15 is 0 Å². The Bertz CT molecular complexity index is 830. The summed E-state index contributed by atoms with van der Waals surface area (Å²) in [6.45, 7) is 3.97. The molecule has 0 fully saturated rings. The highest BCUT2D eigenvalue weighted by molar-refractivity contribution is 7.92. The SMILES string of the molecule is Cc1ccc(Cn2ccsc2=NC(=O)[C@@H](C)S(C)(=O)=O)cc1. The molecule has 2 aromatic rings. The number of rotatable bonds is 4. The van der Waals surface area contributed by atoms with Crippen LogP contribution in [0.2, 0.25) is 0 Å². The molecule has 0 radical (unpaired) electrons. The van der Waals surface area contributed by atoms with Crippen LogP contribution >= 0.6 is 11.3 Å². The molecule has 0 aliphatic rings. The standard InChI is InChI=1S/C15H18N2O3S2/c1-11-4-6-13(7-5-11)10-17-8-9-21-15(17)16-14(18)12(2)22(3,19)20/h4-9,12H,10H2,1-3H3/t12-/m1/s1. The highest BCUT2D eigenvalue weighted by Gasteiger charge is 2.23. The average Bonchev–Trinajstić information content (AvgIpc) is 2.86. The lowest BCUT2D eigenvalue weighted by atomic mass is 10.1. The summed E-state index contributed by atoms with van der Waals surface area (Å²) in [6, 6.07) is 8.08. The summed E-state index contributed by atoms with van der Waals surface area (Å²) in [5.41, 5.74) is 2.27. The second-order valence-corrected chi connectivity index (χ2v) is 8.46. The fraction of sp³-hybridized carbons (Fsp3) is 0.333. The molecule has 22 heavy (non-hydrogen) atoms. The van der Waals surface area contributed by atoms with E-state index < -0.39 is 21.0 Å².